The zero-order chi connectivity index (χ0) is 16.5. The van der Waals surface area contributed by atoms with Crippen molar-refractivity contribution in [1.82, 2.24) is 4.98 Å². The van der Waals surface area contributed by atoms with Crippen molar-refractivity contribution in [2.24, 2.45) is 11.0 Å². The molecule has 0 amide bonds. The molecule has 2 aromatic heterocycles. The molecule has 1 unspecified atom stereocenters. The molecule has 1 atom stereocenters. The molecule has 1 aliphatic rings. The Morgan fingerprint density at radius 1 is 1.38 bits per heavy atom. The molecule has 2 heterocycles. The molecule has 1 aromatic carbocycles. The smallest absolute Gasteiger partial charge is 0.345 e. The van der Waals surface area contributed by atoms with Crippen molar-refractivity contribution >= 4 is 33.1 Å². The number of hydrogen-bond donors (Lipinski definition) is 1. The Bertz CT molecular complexity index is 974. The van der Waals surface area contributed by atoms with Crippen molar-refractivity contribution in [3.8, 4) is 11.3 Å². The van der Waals surface area contributed by atoms with Crippen molar-refractivity contribution < 1.29 is 4.42 Å². The maximum absolute atomic E-state index is 12.2. The lowest BCUT2D eigenvalue weighted by Crippen LogP contribution is -2.05. The van der Waals surface area contributed by atoms with Crippen LogP contribution in [0.1, 0.15) is 26.2 Å². The number of anilines is 1. The van der Waals surface area contributed by atoms with Gasteiger partial charge < -0.3 is 4.42 Å². The summed E-state index contributed by atoms with van der Waals surface area (Å²) in [5.74, 6) is 0.532. The number of para-hydroxylation sites is 1. The standard InChI is InChI=1S/C18H17N3O2S/c1-11-5-4-7-14(11)20-21-18-19-15(10-24-18)13-9-12-6-2-3-8-16(12)23-17(13)22/h2-3,6,8-11H,4-5,7H2,1H3,(H,19,21)/b20-14+. The second-order valence-corrected chi connectivity index (χ2v) is 6.89. The Kier molecular flexibility index (Phi) is 3.90. The molecule has 0 spiro atoms. The van der Waals surface area contributed by atoms with E-state index in [9.17, 15) is 4.79 Å². The topological polar surface area (TPSA) is 67.5 Å². The third-order valence-electron chi connectivity index (χ3n) is 4.36. The summed E-state index contributed by atoms with van der Waals surface area (Å²) in [7, 11) is 0. The van der Waals surface area contributed by atoms with Gasteiger partial charge in [-0.15, -0.1) is 11.3 Å². The van der Waals surface area contributed by atoms with Crippen molar-refractivity contribution in [2.45, 2.75) is 26.2 Å². The third kappa shape index (κ3) is 2.85. The normalized spacial score (nSPS) is 19.2. The summed E-state index contributed by atoms with van der Waals surface area (Å²) in [6.07, 6.45) is 3.44. The van der Waals surface area contributed by atoms with E-state index in [2.05, 4.69) is 22.4 Å². The van der Waals surface area contributed by atoms with Crippen molar-refractivity contribution in [1.29, 1.82) is 0 Å². The van der Waals surface area contributed by atoms with E-state index in [1.807, 2.05) is 29.6 Å². The number of thiazole rings is 1. The van der Waals surface area contributed by atoms with Crippen LogP contribution in [0, 0.1) is 5.92 Å². The van der Waals surface area contributed by atoms with E-state index < -0.39 is 0 Å². The molecule has 0 saturated heterocycles. The van der Waals surface area contributed by atoms with Crippen molar-refractivity contribution in [3.63, 3.8) is 0 Å². The summed E-state index contributed by atoms with van der Waals surface area (Å²) in [6.45, 7) is 2.20. The van der Waals surface area contributed by atoms with Gasteiger partial charge in [0.15, 0.2) is 0 Å². The van der Waals surface area contributed by atoms with Gasteiger partial charge >= 0.3 is 5.63 Å². The number of nitrogens with zero attached hydrogens (tertiary/aromatic N) is 2. The Morgan fingerprint density at radius 3 is 3.08 bits per heavy atom. The van der Waals surface area contributed by atoms with Crippen LogP contribution >= 0.6 is 11.3 Å². The number of hydrogen-bond acceptors (Lipinski definition) is 6. The van der Waals surface area contributed by atoms with E-state index in [4.69, 9.17) is 4.42 Å². The zero-order valence-electron chi connectivity index (χ0n) is 13.3. The van der Waals surface area contributed by atoms with Crippen LogP contribution in [0.2, 0.25) is 0 Å². The van der Waals surface area contributed by atoms with E-state index in [0.717, 1.165) is 11.8 Å². The Balaban J connectivity index is 1.63. The minimum atomic E-state index is -0.374. The number of nitrogens with one attached hydrogen (secondary N) is 1. The second kappa shape index (κ2) is 6.20. The van der Waals surface area contributed by atoms with Crippen molar-refractivity contribution in [3.05, 3.63) is 46.1 Å². The molecule has 1 N–H and O–H groups in total. The first-order valence-electron chi connectivity index (χ1n) is 8.02. The summed E-state index contributed by atoms with van der Waals surface area (Å²) in [5, 5.41) is 7.88. The fraction of sp³-hybridized carbons (Fsp3) is 0.278. The monoisotopic (exact) mass is 339 g/mol. The Hall–Kier alpha value is -2.47. The van der Waals surface area contributed by atoms with Crippen LogP contribution < -0.4 is 11.1 Å². The van der Waals surface area contributed by atoms with E-state index in [1.165, 1.54) is 29.9 Å². The second-order valence-electron chi connectivity index (χ2n) is 6.03. The highest BCUT2D eigenvalue weighted by atomic mass is 32.1. The third-order valence-corrected chi connectivity index (χ3v) is 5.10. The number of rotatable bonds is 3. The molecule has 122 valence electrons. The predicted octanol–water partition coefficient (Wildman–Crippen LogP) is 4.50. The molecule has 0 aliphatic heterocycles. The van der Waals surface area contributed by atoms with E-state index in [-0.39, 0.29) is 5.63 Å². The molecule has 1 fully saturated rings. The van der Waals surface area contributed by atoms with Crippen LogP contribution in [0.5, 0.6) is 0 Å². The molecule has 0 bridgehead atoms. The van der Waals surface area contributed by atoms with Gasteiger partial charge in [-0.25, -0.2) is 9.78 Å². The summed E-state index contributed by atoms with van der Waals surface area (Å²) < 4.78 is 5.37. The van der Waals surface area contributed by atoms with Gasteiger partial charge in [0, 0.05) is 16.5 Å². The first-order chi connectivity index (χ1) is 11.7. The maximum Gasteiger partial charge on any atom is 0.345 e. The Morgan fingerprint density at radius 2 is 2.25 bits per heavy atom. The lowest BCUT2D eigenvalue weighted by molar-refractivity contribution is 0.563. The lowest BCUT2D eigenvalue weighted by Gasteiger charge is -2.02. The molecule has 4 rings (SSSR count). The first kappa shape index (κ1) is 15.1. The lowest BCUT2D eigenvalue weighted by atomic mass is 10.1. The van der Waals surface area contributed by atoms with Gasteiger partial charge in [-0.05, 0) is 37.3 Å². The highest BCUT2D eigenvalue weighted by Gasteiger charge is 2.18. The van der Waals surface area contributed by atoms with Crippen LogP contribution in [0.3, 0.4) is 0 Å². The molecule has 0 radical (unpaired) electrons. The van der Waals surface area contributed by atoms with Gasteiger partial charge in [0.1, 0.15) is 5.58 Å². The number of benzene rings is 1. The number of fused-ring (bicyclic) bond motifs is 1. The average Bonchev–Trinajstić information content (AvgIpc) is 3.21. The Labute approximate surface area is 143 Å². The van der Waals surface area contributed by atoms with E-state index in [0.29, 0.717) is 27.9 Å². The largest absolute Gasteiger partial charge is 0.422 e. The van der Waals surface area contributed by atoms with Crippen LogP contribution in [-0.4, -0.2) is 10.7 Å². The summed E-state index contributed by atoms with van der Waals surface area (Å²) >= 11 is 1.43. The SMILES string of the molecule is CC1CCC/C1=N\Nc1nc(-c2cc3ccccc3oc2=O)cs1. The van der Waals surface area contributed by atoms with Crippen LogP contribution in [0.25, 0.3) is 22.2 Å². The predicted molar refractivity (Wildman–Crippen MR) is 97.7 cm³/mol. The minimum absolute atomic E-state index is 0.374. The minimum Gasteiger partial charge on any atom is -0.422 e. The quantitative estimate of drug-likeness (QED) is 0.563. The van der Waals surface area contributed by atoms with Crippen LogP contribution in [-0.2, 0) is 0 Å². The zero-order valence-corrected chi connectivity index (χ0v) is 14.1. The van der Waals surface area contributed by atoms with Gasteiger partial charge in [-0.2, -0.15) is 5.10 Å². The molecule has 24 heavy (non-hydrogen) atoms. The summed E-state index contributed by atoms with van der Waals surface area (Å²) in [6, 6.07) is 9.29. The van der Waals surface area contributed by atoms with Crippen LogP contribution in [0.15, 0.2) is 50.0 Å². The molecule has 6 heteroatoms. The van der Waals surface area contributed by atoms with E-state index in [1.54, 1.807) is 6.07 Å². The molecule has 5 nitrogen and oxygen atoms in total. The van der Waals surface area contributed by atoms with Gasteiger partial charge in [0.05, 0.1) is 11.3 Å². The molecule has 1 saturated carbocycles. The highest BCUT2D eigenvalue weighted by molar-refractivity contribution is 7.14. The number of hydrazone groups is 1. The number of aromatic nitrogens is 1. The van der Waals surface area contributed by atoms with E-state index >= 15 is 0 Å². The molecular formula is C18H17N3O2S. The first-order valence-corrected chi connectivity index (χ1v) is 8.90. The van der Waals surface area contributed by atoms with Gasteiger partial charge in [0.25, 0.3) is 0 Å². The summed E-state index contributed by atoms with van der Waals surface area (Å²) in [5.41, 5.74) is 5.51. The van der Waals surface area contributed by atoms with Gasteiger partial charge in [-0.1, -0.05) is 25.1 Å². The average molecular weight is 339 g/mol. The molecular weight excluding hydrogens is 322 g/mol. The maximum atomic E-state index is 12.2. The highest BCUT2D eigenvalue weighted by Crippen LogP contribution is 2.26. The fourth-order valence-electron chi connectivity index (χ4n) is 2.98. The van der Waals surface area contributed by atoms with Crippen LogP contribution in [0.4, 0.5) is 5.13 Å². The summed E-state index contributed by atoms with van der Waals surface area (Å²) in [4.78, 5) is 16.7. The van der Waals surface area contributed by atoms with Crippen molar-refractivity contribution in [2.75, 3.05) is 5.43 Å². The molecule has 3 aromatic rings. The van der Waals surface area contributed by atoms with Gasteiger partial charge in [0.2, 0.25) is 5.13 Å². The molecule has 1 aliphatic carbocycles. The van der Waals surface area contributed by atoms with Gasteiger partial charge in [-0.3, -0.25) is 5.43 Å². The fourth-order valence-corrected chi connectivity index (χ4v) is 3.63.